The minimum atomic E-state index is -0.987. The van der Waals surface area contributed by atoms with Gasteiger partial charge in [0.1, 0.15) is 6.54 Å². The Balaban J connectivity index is 0.000000657. The summed E-state index contributed by atoms with van der Waals surface area (Å²) in [6, 6.07) is 17.5. The molecule has 2 aromatic carbocycles. The molecule has 0 aromatic heterocycles. The molecule has 0 aliphatic heterocycles. The quantitative estimate of drug-likeness (QED) is 0.434. The van der Waals surface area contributed by atoms with E-state index >= 15 is 0 Å². The molecule has 176 valence electrons. The van der Waals surface area contributed by atoms with Crippen molar-refractivity contribution in [2.24, 2.45) is 0 Å². The Bertz CT molecular complexity index is 968. The summed E-state index contributed by atoms with van der Waals surface area (Å²) in [6.07, 6.45) is 5.89. The lowest BCUT2D eigenvalue weighted by Gasteiger charge is -2.26. The number of rotatable bonds is 10. The fourth-order valence-corrected chi connectivity index (χ4v) is 3.29. The second-order valence-electron chi connectivity index (χ2n) is 7.39. The van der Waals surface area contributed by atoms with E-state index < -0.39 is 5.97 Å². The zero-order chi connectivity index (χ0) is 24.6. The number of carboxylic acid groups (broad SMARTS) is 1. The first-order valence-corrected chi connectivity index (χ1v) is 11.1. The topological polar surface area (TPSA) is 69.6 Å². The van der Waals surface area contributed by atoms with Gasteiger partial charge < -0.3 is 15.3 Å². The molecule has 0 saturated heterocycles. The molecule has 0 spiro atoms. The van der Waals surface area contributed by atoms with Crippen LogP contribution in [-0.2, 0) is 16.1 Å². The minimum Gasteiger partial charge on any atom is -0.480 e. The van der Waals surface area contributed by atoms with Gasteiger partial charge in [0.25, 0.3) is 0 Å². The van der Waals surface area contributed by atoms with Crippen LogP contribution in [0.3, 0.4) is 0 Å². The van der Waals surface area contributed by atoms with Crippen molar-refractivity contribution in [3.8, 4) is 0 Å². The van der Waals surface area contributed by atoms with Crippen LogP contribution in [0, 0.1) is 6.92 Å². The molecule has 0 saturated carbocycles. The number of halogens is 1. The van der Waals surface area contributed by atoms with Crippen LogP contribution in [0.5, 0.6) is 0 Å². The van der Waals surface area contributed by atoms with Gasteiger partial charge in [-0.15, -0.1) is 0 Å². The van der Waals surface area contributed by atoms with Crippen molar-refractivity contribution in [3.05, 3.63) is 107 Å². The van der Waals surface area contributed by atoms with Crippen LogP contribution in [-0.4, -0.2) is 35.0 Å². The number of hydrogen-bond donors (Lipinski definition) is 2. The smallest absolute Gasteiger partial charge is 0.323 e. The number of benzene rings is 2. The molecule has 0 atom stereocenters. The number of nitrogens with zero attached hydrogens (tertiary/aromatic N) is 1. The van der Waals surface area contributed by atoms with E-state index in [4.69, 9.17) is 11.6 Å². The summed E-state index contributed by atoms with van der Waals surface area (Å²) >= 11 is 5.93. The molecule has 5 nitrogen and oxygen atoms in total. The number of aryl methyl sites for hydroxylation is 1. The lowest BCUT2D eigenvalue weighted by atomic mass is 10.1. The largest absolute Gasteiger partial charge is 0.480 e. The van der Waals surface area contributed by atoms with E-state index in [0.717, 1.165) is 16.8 Å². The third-order valence-corrected chi connectivity index (χ3v) is 4.87. The molecule has 2 rings (SSSR count). The maximum atomic E-state index is 12.3. The molecule has 6 heteroatoms. The van der Waals surface area contributed by atoms with E-state index in [1.165, 1.54) is 5.56 Å². The van der Waals surface area contributed by atoms with Gasteiger partial charge in [0.15, 0.2) is 0 Å². The molecule has 1 amide bonds. The van der Waals surface area contributed by atoms with Crippen molar-refractivity contribution in [2.75, 3.05) is 13.1 Å². The van der Waals surface area contributed by atoms with Gasteiger partial charge >= 0.3 is 5.97 Å². The highest BCUT2D eigenvalue weighted by molar-refractivity contribution is 6.30. The van der Waals surface area contributed by atoms with Gasteiger partial charge in [-0.2, -0.15) is 0 Å². The zero-order valence-corrected chi connectivity index (χ0v) is 20.3. The Morgan fingerprint density at radius 1 is 1.12 bits per heavy atom. The molecule has 0 bridgehead atoms. The van der Waals surface area contributed by atoms with Crippen LogP contribution in [0.4, 0.5) is 0 Å². The number of carbonyl (C=O) groups excluding carboxylic acids is 1. The molecule has 0 heterocycles. The van der Waals surface area contributed by atoms with Crippen molar-refractivity contribution in [3.63, 3.8) is 0 Å². The van der Waals surface area contributed by atoms with E-state index in [-0.39, 0.29) is 19.0 Å². The Morgan fingerprint density at radius 3 is 2.33 bits per heavy atom. The van der Waals surface area contributed by atoms with Gasteiger partial charge in [0.2, 0.25) is 5.91 Å². The van der Waals surface area contributed by atoms with Gasteiger partial charge in [-0.1, -0.05) is 91.4 Å². The van der Waals surface area contributed by atoms with Crippen LogP contribution in [0.1, 0.15) is 31.4 Å². The monoisotopic (exact) mass is 468 g/mol. The number of carbonyl (C=O) groups is 2. The highest BCUT2D eigenvalue weighted by Crippen LogP contribution is 2.16. The standard InChI is InChI=1S/C20H25ClN2O3.C7H8/c1-4-6-8-15(3)18(5-2)23(14-20(25)26)13-19(24)22-12-16-9-7-10-17(21)11-16;1-7-5-3-2-4-6-7/h4,6-11H,1,5,12-14H2,2-3H3,(H,22,24)(H,25,26);2-6H,1H3/b8-6-,18-15+;. The lowest BCUT2D eigenvalue weighted by molar-refractivity contribution is -0.138. The van der Waals surface area contributed by atoms with Crippen LogP contribution in [0.25, 0.3) is 0 Å². The fourth-order valence-electron chi connectivity index (χ4n) is 3.08. The lowest BCUT2D eigenvalue weighted by Crippen LogP contribution is -2.39. The second-order valence-corrected chi connectivity index (χ2v) is 7.83. The highest BCUT2D eigenvalue weighted by Gasteiger charge is 2.17. The molecular formula is C27H33ClN2O3. The number of amides is 1. The van der Waals surface area contributed by atoms with Crippen LogP contribution >= 0.6 is 11.6 Å². The molecule has 2 N–H and O–H groups in total. The summed E-state index contributed by atoms with van der Waals surface area (Å²) in [7, 11) is 0. The van der Waals surface area contributed by atoms with Gasteiger partial charge in [-0.25, -0.2) is 0 Å². The van der Waals surface area contributed by atoms with Gasteiger partial charge in [-0.3, -0.25) is 9.59 Å². The average molecular weight is 469 g/mol. The number of aliphatic carboxylic acids is 1. The normalized spacial score (nSPS) is 11.2. The molecule has 0 fully saturated rings. The summed E-state index contributed by atoms with van der Waals surface area (Å²) in [6.45, 7) is 9.59. The predicted octanol–water partition coefficient (Wildman–Crippen LogP) is 5.76. The minimum absolute atomic E-state index is 0.0324. The first-order valence-electron chi connectivity index (χ1n) is 10.7. The van der Waals surface area contributed by atoms with Crippen LogP contribution in [0.2, 0.25) is 5.02 Å². The molecular weight excluding hydrogens is 436 g/mol. The molecule has 0 radical (unpaired) electrons. The Kier molecular flexibility index (Phi) is 13.0. The van der Waals surface area contributed by atoms with Crippen molar-refractivity contribution in [1.29, 1.82) is 0 Å². The maximum absolute atomic E-state index is 12.3. The van der Waals surface area contributed by atoms with Crippen LogP contribution in [0.15, 0.2) is 90.7 Å². The summed E-state index contributed by atoms with van der Waals surface area (Å²) < 4.78 is 0. The fraction of sp³-hybridized carbons (Fsp3) is 0.259. The Morgan fingerprint density at radius 2 is 1.82 bits per heavy atom. The predicted molar refractivity (Wildman–Crippen MR) is 136 cm³/mol. The van der Waals surface area contributed by atoms with Gasteiger partial charge in [0.05, 0.1) is 6.54 Å². The summed E-state index contributed by atoms with van der Waals surface area (Å²) in [5.41, 5.74) is 3.91. The van der Waals surface area contributed by atoms with Crippen molar-refractivity contribution in [2.45, 2.75) is 33.7 Å². The second kappa shape index (κ2) is 15.5. The Hall–Kier alpha value is -3.31. The summed E-state index contributed by atoms with van der Waals surface area (Å²) in [4.78, 5) is 25.1. The third kappa shape index (κ3) is 11.8. The maximum Gasteiger partial charge on any atom is 0.323 e. The van der Waals surface area contributed by atoms with Gasteiger partial charge in [-0.05, 0) is 43.5 Å². The molecule has 0 aliphatic carbocycles. The van der Waals surface area contributed by atoms with E-state index in [0.29, 0.717) is 18.0 Å². The van der Waals surface area contributed by atoms with E-state index in [1.807, 2.05) is 50.3 Å². The number of allylic oxidation sites excluding steroid dienone is 5. The molecule has 33 heavy (non-hydrogen) atoms. The first-order chi connectivity index (χ1) is 15.8. The summed E-state index contributed by atoms with van der Waals surface area (Å²) in [5.74, 6) is -1.24. The Labute approximate surface area is 202 Å². The third-order valence-electron chi connectivity index (χ3n) is 4.63. The van der Waals surface area contributed by atoms with Gasteiger partial charge in [0, 0.05) is 17.3 Å². The van der Waals surface area contributed by atoms with E-state index in [9.17, 15) is 14.7 Å². The van der Waals surface area contributed by atoms with E-state index in [2.05, 4.69) is 31.0 Å². The van der Waals surface area contributed by atoms with Crippen LogP contribution < -0.4 is 5.32 Å². The number of nitrogens with one attached hydrogen (secondary N) is 1. The number of hydrogen-bond acceptors (Lipinski definition) is 3. The first kappa shape index (κ1) is 27.7. The SMILES string of the molecule is C=C/C=C\C(C)=C(/CC)N(CC(=O)O)CC(=O)NCc1cccc(Cl)c1.Cc1ccccc1. The highest BCUT2D eigenvalue weighted by atomic mass is 35.5. The van der Waals surface area contributed by atoms with E-state index in [1.54, 1.807) is 29.2 Å². The molecule has 0 aliphatic rings. The van der Waals surface area contributed by atoms with Crippen molar-refractivity contribution < 1.29 is 14.7 Å². The zero-order valence-electron chi connectivity index (χ0n) is 19.6. The average Bonchev–Trinajstić information content (AvgIpc) is 2.77. The van der Waals surface area contributed by atoms with Crippen molar-refractivity contribution in [1.82, 2.24) is 10.2 Å². The van der Waals surface area contributed by atoms with Crippen molar-refractivity contribution >= 4 is 23.5 Å². The molecule has 0 unspecified atom stereocenters. The number of carboxylic acids is 1. The molecule has 2 aromatic rings. The summed E-state index contributed by atoms with van der Waals surface area (Å²) in [5, 5.41) is 12.6.